The first kappa shape index (κ1) is 19.2. The van der Waals surface area contributed by atoms with Crippen LogP contribution in [0.15, 0.2) is 65.4 Å². The molecule has 29 heavy (non-hydrogen) atoms. The zero-order valence-corrected chi connectivity index (χ0v) is 16.5. The Bertz CT molecular complexity index is 948. The maximum absolute atomic E-state index is 12.9. The summed E-state index contributed by atoms with van der Waals surface area (Å²) in [4.78, 5) is 15.2. The molecule has 6 nitrogen and oxygen atoms in total. The molecular weight excluding hydrogens is 366 g/mol. The zero-order valence-electron chi connectivity index (χ0n) is 16.5. The Kier molecular flexibility index (Phi) is 5.91. The van der Waals surface area contributed by atoms with Crippen LogP contribution in [0, 0.1) is 5.92 Å². The molecule has 0 bridgehead atoms. The van der Waals surface area contributed by atoms with Crippen molar-refractivity contribution in [1.29, 1.82) is 0 Å². The number of methoxy groups -OCH3 is 1. The number of amides is 1. The monoisotopic (exact) mass is 391 g/mol. The molecule has 1 aromatic heterocycles. The molecule has 1 fully saturated rings. The van der Waals surface area contributed by atoms with Crippen LogP contribution in [0.25, 0.3) is 11.1 Å². The number of ether oxygens (including phenoxy) is 1. The fourth-order valence-electron chi connectivity index (χ4n) is 3.77. The van der Waals surface area contributed by atoms with E-state index in [-0.39, 0.29) is 11.8 Å². The number of likely N-dealkylation sites (tertiary alicyclic amines) is 1. The Labute approximate surface area is 170 Å². The first-order chi connectivity index (χ1) is 14.2. The Hall–Kier alpha value is -3.12. The largest absolute Gasteiger partial charge is 0.497 e. The maximum atomic E-state index is 12.9. The van der Waals surface area contributed by atoms with E-state index >= 15 is 0 Å². The summed E-state index contributed by atoms with van der Waals surface area (Å²) in [5.41, 5.74) is 3.77. The molecule has 0 aliphatic carbocycles. The molecule has 0 radical (unpaired) electrons. The van der Waals surface area contributed by atoms with Gasteiger partial charge in [-0.3, -0.25) is 9.69 Å². The standard InChI is InChI=1S/C23H25N3O3/c1-28-20-6-4-5-18(15-20)21-7-2-3-8-22(21)24-23(27)17-9-12-26(13-10-17)16-19-11-14-29-25-19/h2-8,11,14-15,17H,9-10,12-13,16H2,1H3,(H,24,27). The van der Waals surface area contributed by atoms with Crippen LogP contribution < -0.4 is 10.1 Å². The van der Waals surface area contributed by atoms with E-state index in [1.54, 1.807) is 13.4 Å². The summed E-state index contributed by atoms with van der Waals surface area (Å²) in [5, 5.41) is 7.12. The van der Waals surface area contributed by atoms with Crippen molar-refractivity contribution >= 4 is 11.6 Å². The number of hydrogen-bond acceptors (Lipinski definition) is 5. The maximum Gasteiger partial charge on any atom is 0.227 e. The molecule has 1 amide bonds. The molecule has 150 valence electrons. The highest BCUT2D eigenvalue weighted by molar-refractivity contribution is 5.96. The van der Waals surface area contributed by atoms with Gasteiger partial charge in [0.1, 0.15) is 12.0 Å². The molecule has 4 rings (SSSR count). The Morgan fingerprint density at radius 3 is 2.76 bits per heavy atom. The third kappa shape index (κ3) is 4.66. The predicted molar refractivity (Wildman–Crippen MR) is 112 cm³/mol. The summed E-state index contributed by atoms with van der Waals surface area (Å²) in [6.45, 7) is 2.52. The minimum absolute atomic E-state index is 0.0157. The molecule has 1 aliphatic rings. The van der Waals surface area contributed by atoms with E-state index in [9.17, 15) is 4.79 Å². The van der Waals surface area contributed by atoms with Crippen LogP contribution in [-0.2, 0) is 11.3 Å². The highest BCUT2D eigenvalue weighted by Gasteiger charge is 2.26. The minimum Gasteiger partial charge on any atom is -0.497 e. The Balaban J connectivity index is 1.40. The van der Waals surface area contributed by atoms with Crippen LogP contribution in [0.4, 0.5) is 5.69 Å². The highest BCUT2D eigenvalue weighted by Crippen LogP contribution is 2.31. The van der Waals surface area contributed by atoms with Crippen molar-refractivity contribution in [3.05, 3.63) is 66.6 Å². The van der Waals surface area contributed by atoms with Crippen LogP contribution in [0.2, 0.25) is 0 Å². The van der Waals surface area contributed by atoms with Crippen molar-refractivity contribution in [2.45, 2.75) is 19.4 Å². The van der Waals surface area contributed by atoms with Gasteiger partial charge in [0.2, 0.25) is 5.91 Å². The van der Waals surface area contributed by atoms with E-state index in [1.807, 2.05) is 54.6 Å². The number of para-hydroxylation sites is 1. The van der Waals surface area contributed by atoms with E-state index < -0.39 is 0 Å². The van der Waals surface area contributed by atoms with Crippen LogP contribution >= 0.6 is 0 Å². The molecule has 1 N–H and O–H groups in total. The lowest BCUT2D eigenvalue weighted by atomic mass is 9.95. The van der Waals surface area contributed by atoms with E-state index in [1.165, 1.54) is 0 Å². The summed E-state index contributed by atoms with van der Waals surface area (Å²) < 4.78 is 10.2. The van der Waals surface area contributed by atoms with Gasteiger partial charge < -0.3 is 14.6 Å². The molecule has 2 aromatic carbocycles. The minimum atomic E-state index is 0.0157. The Morgan fingerprint density at radius 1 is 1.17 bits per heavy atom. The number of carbonyl (C=O) groups is 1. The van der Waals surface area contributed by atoms with Crippen molar-refractivity contribution in [3.8, 4) is 16.9 Å². The number of nitrogens with one attached hydrogen (secondary N) is 1. The molecule has 6 heteroatoms. The number of nitrogens with zero attached hydrogens (tertiary/aromatic N) is 2. The SMILES string of the molecule is COc1cccc(-c2ccccc2NC(=O)C2CCN(Cc3ccon3)CC2)c1. The second kappa shape index (κ2) is 8.92. The summed E-state index contributed by atoms with van der Waals surface area (Å²) in [5.74, 6) is 0.895. The van der Waals surface area contributed by atoms with E-state index in [2.05, 4.69) is 15.4 Å². The van der Waals surface area contributed by atoms with Crippen molar-refractivity contribution in [1.82, 2.24) is 10.1 Å². The lowest BCUT2D eigenvalue weighted by Gasteiger charge is -2.30. The number of anilines is 1. The van der Waals surface area contributed by atoms with Crippen LogP contribution in [-0.4, -0.2) is 36.2 Å². The normalized spacial score (nSPS) is 15.2. The zero-order chi connectivity index (χ0) is 20.1. The van der Waals surface area contributed by atoms with Gasteiger partial charge in [0, 0.05) is 29.8 Å². The smallest absolute Gasteiger partial charge is 0.227 e. The number of piperidine rings is 1. The van der Waals surface area contributed by atoms with Crippen LogP contribution in [0.3, 0.4) is 0 Å². The van der Waals surface area contributed by atoms with Gasteiger partial charge >= 0.3 is 0 Å². The number of benzene rings is 2. The molecular formula is C23H25N3O3. The number of rotatable bonds is 6. The highest BCUT2D eigenvalue weighted by atomic mass is 16.5. The van der Waals surface area contributed by atoms with Gasteiger partial charge in [-0.2, -0.15) is 0 Å². The summed E-state index contributed by atoms with van der Waals surface area (Å²) in [6, 6.07) is 17.6. The topological polar surface area (TPSA) is 67.6 Å². The van der Waals surface area contributed by atoms with E-state index in [0.717, 1.165) is 60.7 Å². The Morgan fingerprint density at radius 2 is 2.00 bits per heavy atom. The molecule has 3 aromatic rings. The van der Waals surface area contributed by atoms with Crippen LogP contribution in [0.5, 0.6) is 5.75 Å². The fraction of sp³-hybridized carbons (Fsp3) is 0.304. The first-order valence-electron chi connectivity index (χ1n) is 9.89. The van der Waals surface area contributed by atoms with Gasteiger partial charge in [-0.05, 0) is 49.7 Å². The fourth-order valence-corrected chi connectivity index (χ4v) is 3.77. The predicted octanol–water partition coefficient (Wildman–Crippen LogP) is 4.20. The van der Waals surface area contributed by atoms with Gasteiger partial charge in [0.15, 0.2) is 0 Å². The average Bonchev–Trinajstić information content (AvgIpc) is 3.28. The van der Waals surface area contributed by atoms with Crippen molar-refractivity contribution in [2.24, 2.45) is 5.92 Å². The number of hydrogen-bond donors (Lipinski definition) is 1. The van der Waals surface area contributed by atoms with Crippen molar-refractivity contribution in [3.63, 3.8) is 0 Å². The van der Waals surface area contributed by atoms with Gasteiger partial charge in [0.25, 0.3) is 0 Å². The van der Waals surface area contributed by atoms with Gasteiger partial charge in [-0.1, -0.05) is 35.5 Å². The lowest BCUT2D eigenvalue weighted by molar-refractivity contribution is -0.121. The second-order valence-corrected chi connectivity index (χ2v) is 7.31. The third-order valence-electron chi connectivity index (χ3n) is 5.40. The van der Waals surface area contributed by atoms with Crippen molar-refractivity contribution in [2.75, 3.05) is 25.5 Å². The second-order valence-electron chi connectivity index (χ2n) is 7.31. The van der Waals surface area contributed by atoms with Crippen LogP contribution in [0.1, 0.15) is 18.5 Å². The molecule has 0 saturated carbocycles. The summed E-state index contributed by atoms with van der Waals surface area (Å²) in [7, 11) is 1.65. The molecule has 0 unspecified atom stereocenters. The first-order valence-corrected chi connectivity index (χ1v) is 9.89. The molecule has 1 saturated heterocycles. The average molecular weight is 391 g/mol. The van der Waals surface area contributed by atoms with E-state index in [0.29, 0.717) is 0 Å². The molecule has 1 aliphatic heterocycles. The van der Waals surface area contributed by atoms with E-state index in [4.69, 9.17) is 9.26 Å². The molecule has 2 heterocycles. The van der Waals surface area contributed by atoms with Gasteiger partial charge in [0.05, 0.1) is 12.8 Å². The van der Waals surface area contributed by atoms with Gasteiger partial charge in [-0.15, -0.1) is 0 Å². The lowest BCUT2D eigenvalue weighted by Crippen LogP contribution is -2.37. The molecule has 0 atom stereocenters. The third-order valence-corrected chi connectivity index (χ3v) is 5.40. The summed E-state index contributed by atoms with van der Waals surface area (Å²) >= 11 is 0. The molecule has 0 spiro atoms. The number of carbonyl (C=O) groups excluding carboxylic acids is 1. The quantitative estimate of drug-likeness (QED) is 0.682. The van der Waals surface area contributed by atoms with Crippen molar-refractivity contribution < 1.29 is 14.1 Å². The summed E-state index contributed by atoms with van der Waals surface area (Å²) in [6.07, 6.45) is 3.27. The van der Waals surface area contributed by atoms with Gasteiger partial charge in [-0.25, -0.2) is 0 Å². The number of aromatic nitrogens is 1.